The number of halogens is 1. The van der Waals surface area contributed by atoms with E-state index in [1.54, 1.807) is 0 Å². The number of nitrogens with one attached hydrogen (secondary N) is 1. The molecule has 5 aromatic rings. The van der Waals surface area contributed by atoms with Gasteiger partial charge in [-0.1, -0.05) is 121 Å². The third-order valence-electron chi connectivity index (χ3n) is 6.78. The summed E-state index contributed by atoms with van der Waals surface area (Å²) in [6.07, 6.45) is 0. The van der Waals surface area contributed by atoms with Crippen LogP contribution < -0.4 is 10.6 Å². The van der Waals surface area contributed by atoms with Crippen molar-refractivity contribution in [3.05, 3.63) is 166 Å². The van der Waals surface area contributed by atoms with E-state index in [1.807, 2.05) is 84.9 Å². The molecule has 0 saturated carbocycles. The summed E-state index contributed by atoms with van der Waals surface area (Å²) < 4.78 is 0. The predicted molar refractivity (Wildman–Crippen MR) is 160 cm³/mol. The number of amides is 1. The number of hydrogen-bond donors (Lipinski definition) is 1. The minimum atomic E-state index is -0.0775. The van der Waals surface area contributed by atoms with Gasteiger partial charge in [0.1, 0.15) is 0 Å². The molecule has 0 bridgehead atoms. The van der Waals surface area contributed by atoms with Crippen LogP contribution in [0.1, 0.15) is 38.5 Å². The van der Waals surface area contributed by atoms with Crippen molar-refractivity contribution >= 4 is 17.5 Å². The Morgan fingerprint density at radius 3 is 1.79 bits per heavy atom. The van der Waals surface area contributed by atoms with Crippen LogP contribution in [0.4, 0.5) is 0 Å². The Labute approximate surface area is 235 Å². The highest BCUT2D eigenvalue weighted by molar-refractivity contribution is 6.30. The summed E-state index contributed by atoms with van der Waals surface area (Å²) in [5, 5.41) is 8.56. The fourth-order valence-electron chi connectivity index (χ4n) is 4.64. The molecule has 0 heterocycles. The van der Waals surface area contributed by atoms with Gasteiger partial charge in [-0.2, -0.15) is 0 Å². The van der Waals surface area contributed by atoms with Crippen molar-refractivity contribution in [2.75, 3.05) is 6.54 Å². The van der Waals surface area contributed by atoms with E-state index in [4.69, 9.17) is 11.6 Å². The van der Waals surface area contributed by atoms with Crippen LogP contribution in [0.15, 0.2) is 133 Å². The Hall–Kier alpha value is -4.18. The highest BCUT2D eigenvalue weighted by Crippen LogP contribution is 2.25. The van der Waals surface area contributed by atoms with Crippen LogP contribution in [0.2, 0.25) is 5.02 Å². The van der Waals surface area contributed by atoms with Crippen LogP contribution in [0.25, 0.3) is 11.1 Å². The van der Waals surface area contributed by atoms with Gasteiger partial charge in [0.15, 0.2) is 0 Å². The molecule has 3 nitrogen and oxygen atoms in total. The second kappa shape index (κ2) is 13.1. The molecule has 1 amide bonds. The van der Waals surface area contributed by atoms with E-state index in [0.717, 1.165) is 27.3 Å². The summed E-state index contributed by atoms with van der Waals surface area (Å²) in [5.74, 6) is 0.00325. The van der Waals surface area contributed by atoms with Crippen molar-refractivity contribution < 1.29 is 4.79 Å². The standard InChI is InChI=1S/C35H30ClN2O/c36-33-20-16-27(17-21-33)24-37-23-26-14-18-28(19-15-26)31-12-7-13-32(22-31)35(39)38-25-34(29-8-3-1-4-9-29)30-10-5-2-6-11-30/h1-22,34H,23-25H2,(H,38,39). The molecule has 5 aromatic carbocycles. The zero-order valence-electron chi connectivity index (χ0n) is 21.6. The molecule has 0 aliphatic heterocycles. The van der Waals surface area contributed by atoms with Crippen LogP contribution in [0, 0.1) is 0 Å². The molecule has 39 heavy (non-hydrogen) atoms. The molecule has 0 aromatic heterocycles. The van der Waals surface area contributed by atoms with Crippen LogP contribution in [0.3, 0.4) is 0 Å². The van der Waals surface area contributed by atoms with E-state index in [1.165, 1.54) is 11.1 Å². The quantitative estimate of drug-likeness (QED) is 0.196. The molecule has 0 saturated heterocycles. The first-order valence-corrected chi connectivity index (χ1v) is 13.5. The van der Waals surface area contributed by atoms with Gasteiger partial charge in [0.2, 0.25) is 0 Å². The van der Waals surface area contributed by atoms with E-state index in [9.17, 15) is 4.79 Å². The minimum Gasteiger partial charge on any atom is -0.351 e. The lowest BCUT2D eigenvalue weighted by Crippen LogP contribution is -2.29. The van der Waals surface area contributed by atoms with Crippen molar-refractivity contribution in [3.63, 3.8) is 0 Å². The summed E-state index contributed by atoms with van der Waals surface area (Å²) in [5.41, 5.74) is 7.37. The van der Waals surface area contributed by atoms with Gasteiger partial charge in [-0.25, -0.2) is 5.32 Å². The summed E-state index contributed by atoms with van der Waals surface area (Å²) in [7, 11) is 0. The molecule has 1 N–H and O–H groups in total. The van der Waals surface area contributed by atoms with E-state index in [2.05, 4.69) is 59.2 Å². The summed E-state index contributed by atoms with van der Waals surface area (Å²) >= 11 is 5.96. The van der Waals surface area contributed by atoms with E-state index < -0.39 is 0 Å². The maximum atomic E-state index is 13.2. The average molecular weight is 530 g/mol. The number of rotatable bonds is 10. The second-order valence-corrected chi connectivity index (χ2v) is 9.96. The van der Waals surface area contributed by atoms with Crippen molar-refractivity contribution in [1.29, 1.82) is 0 Å². The normalized spacial score (nSPS) is 10.9. The van der Waals surface area contributed by atoms with E-state index >= 15 is 0 Å². The first kappa shape index (κ1) is 26.4. The largest absolute Gasteiger partial charge is 0.351 e. The molecule has 0 unspecified atom stereocenters. The molecule has 0 spiro atoms. The number of carbonyl (C=O) groups is 1. The number of carbonyl (C=O) groups excluding carboxylic acids is 1. The maximum absolute atomic E-state index is 13.2. The van der Waals surface area contributed by atoms with Crippen LogP contribution in [-0.4, -0.2) is 12.5 Å². The molecule has 0 aliphatic carbocycles. The molecule has 0 aliphatic rings. The molecule has 5 rings (SSSR count). The average Bonchev–Trinajstić information content (AvgIpc) is 3.00. The lowest BCUT2D eigenvalue weighted by atomic mass is 9.91. The van der Waals surface area contributed by atoms with Crippen LogP contribution >= 0.6 is 11.6 Å². The van der Waals surface area contributed by atoms with Crippen LogP contribution in [-0.2, 0) is 13.1 Å². The monoisotopic (exact) mass is 529 g/mol. The van der Waals surface area contributed by atoms with E-state index in [-0.39, 0.29) is 11.8 Å². The van der Waals surface area contributed by atoms with Crippen LogP contribution in [0.5, 0.6) is 0 Å². The lowest BCUT2D eigenvalue weighted by molar-refractivity contribution is 0.0952. The minimum absolute atomic E-state index is 0.0775. The number of benzene rings is 5. The topological polar surface area (TPSA) is 43.2 Å². The Balaban J connectivity index is 1.21. The van der Waals surface area contributed by atoms with Gasteiger partial charge >= 0.3 is 0 Å². The van der Waals surface area contributed by atoms with Gasteiger partial charge in [-0.3, -0.25) is 4.79 Å². The molecule has 1 radical (unpaired) electrons. The predicted octanol–water partition coefficient (Wildman–Crippen LogP) is 7.87. The lowest BCUT2D eigenvalue weighted by Gasteiger charge is -2.19. The first-order chi connectivity index (χ1) is 19.2. The summed E-state index contributed by atoms with van der Waals surface area (Å²) in [6, 6.07) is 44.6. The molecular formula is C35H30ClN2O. The molecular weight excluding hydrogens is 500 g/mol. The smallest absolute Gasteiger partial charge is 0.251 e. The zero-order valence-corrected chi connectivity index (χ0v) is 22.4. The van der Waals surface area contributed by atoms with Gasteiger partial charge < -0.3 is 5.32 Å². The molecule has 0 atom stereocenters. The number of nitrogens with zero attached hydrogens (tertiary/aromatic N) is 1. The van der Waals surface area contributed by atoms with Crippen molar-refractivity contribution in [2.24, 2.45) is 0 Å². The fraction of sp³-hybridized carbons (Fsp3) is 0.114. The van der Waals surface area contributed by atoms with Gasteiger partial charge in [-0.05, 0) is 57.6 Å². The Kier molecular flexibility index (Phi) is 8.85. The number of hydrogen-bond acceptors (Lipinski definition) is 1. The third kappa shape index (κ3) is 7.23. The van der Waals surface area contributed by atoms with Gasteiger partial charge in [0, 0.05) is 36.1 Å². The fourth-order valence-corrected chi connectivity index (χ4v) is 4.77. The highest BCUT2D eigenvalue weighted by Gasteiger charge is 2.16. The SMILES string of the molecule is O=C(NCC(c1ccccc1)c1ccccc1)c1cccc(-c2ccc(C[N]Cc3ccc(Cl)cc3)cc2)c1. The van der Waals surface area contributed by atoms with Gasteiger partial charge in [-0.15, -0.1) is 0 Å². The second-order valence-electron chi connectivity index (χ2n) is 9.53. The Bertz CT molecular complexity index is 1440. The molecule has 193 valence electrons. The Morgan fingerprint density at radius 1 is 0.641 bits per heavy atom. The zero-order chi connectivity index (χ0) is 26.9. The molecule has 0 fully saturated rings. The third-order valence-corrected chi connectivity index (χ3v) is 7.04. The molecule has 4 heteroatoms. The summed E-state index contributed by atoms with van der Waals surface area (Å²) in [4.78, 5) is 13.2. The Morgan fingerprint density at radius 2 is 1.21 bits per heavy atom. The van der Waals surface area contributed by atoms with Crippen molar-refractivity contribution in [2.45, 2.75) is 19.0 Å². The van der Waals surface area contributed by atoms with E-state index in [0.29, 0.717) is 25.2 Å². The maximum Gasteiger partial charge on any atom is 0.251 e. The van der Waals surface area contributed by atoms with Crippen molar-refractivity contribution in [3.8, 4) is 11.1 Å². The highest BCUT2D eigenvalue weighted by atomic mass is 35.5. The first-order valence-electron chi connectivity index (χ1n) is 13.1. The van der Waals surface area contributed by atoms with Gasteiger partial charge in [0.25, 0.3) is 5.91 Å². The van der Waals surface area contributed by atoms with Crippen molar-refractivity contribution in [1.82, 2.24) is 10.6 Å². The van der Waals surface area contributed by atoms with Gasteiger partial charge in [0.05, 0.1) is 0 Å². The summed E-state index contributed by atoms with van der Waals surface area (Å²) in [6.45, 7) is 1.83.